The second-order valence-electron chi connectivity index (χ2n) is 13.6. The molecule has 14 heteroatoms. The summed E-state index contributed by atoms with van der Waals surface area (Å²) in [7, 11) is 0. The number of hydrogen-bond donors (Lipinski definition) is 2. The number of aliphatic hydroxyl groups is 1. The summed E-state index contributed by atoms with van der Waals surface area (Å²) in [4.78, 5) is 38.0. The van der Waals surface area contributed by atoms with E-state index in [0.29, 0.717) is 52.8 Å². The molecule has 2 aliphatic heterocycles. The van der Waals surface area contributed by atoms with Crippen LogP contribution in [0.25, 0.3) is 16.9 Å². The first-order chi connectivity index (χ1) is 21.4. The summed E-state index contributed by atoms with van der Waals surface area (Å²) in [6.45, 7) is 6.10. The third-order valence-electron chi connectivity index (χ3n) is 10.2. The highest BCUT2D eigenvalue weighted by Crippen LogP contribution is 2.57. The molecule has 4 aromatic rings. The number of hydrogen-bond acceptors (Lipinski definition) is 9. The van der Waals surface area contributed by atoms with Gasteiger partial charge in [0.25, 0.3) is 12.3 Å². The molecule has 12 nitrogen and oxygen atoms in total. The van der Waals surface area contributed by atoms with Crippen molar-refractivity contribution < 1.29 is 28.0 Å². The molecule has 0 bridgehead atoms. The third-order valence-corrected chi connectivity index (χ3v) is 10.2. The van der Waals surface area contributed by atoms with Crippen molar-refractivity contribution >= 4 is 28.7 Å². The fraction of sp³-hybridized carbons (Fsp3) is 0.484. The highest BCUT2D eigenvalue weighted by molar-refractivity contribution is 6.09. The molecular formula is C31H32F2N8O4. The van der Waals surface area contributed by atoms with E-state index in [0.717, 1.165) is 31.6 Å². The third kappa shape index (κ3) is 4.48. The number of rotatable bonds is 6. The minimum Gasteiger partial charge on any atom is -0.384 e. The maximum absolute atomic E-state index is 13.5. The van der Waals surface area contributed by atoms with Gasteiger partial charge in [-0.1, -0.05) is 5.16 Å². The number of nitrogens with one attached hydrogen (secondary N) is 1. The predicted molar refractivity (Wildman–Crippen MR) is 157 cm³/mol. The fourth-order valence-electron chi connectivity index (χ4n) is 7.81. The Bertz CT molecular complexity index is 1840. The molecule has 2 N–H and O–H groups in total. The quantitative estimate of drug-likeness (QED) is 0.331. The summed E-state index contributed by atoms with van der Waals surface area (Å²) in [5.74, 6) is 0.864. The van der Waals surface area contributed by atoms with Gasteiger partial charge in [0.05, 0.1) is 28.7 Å². The van der Waals surface area contributed by atoms with E-state index < -0.39 is 12.0 Å². The van der Waals surface area contributed by atoms with Gasteiger partial charge in [-0.3, -0.25) is 14.6 Å². The van der Waals surface area contributed by atoms with E-state index in [-0.39, 0.29) is 41.4 Å². The molecule has 4 fully saturated rings. The van der Waals surface area contributed by atoms with Gasteiger partial charge in [-0.25, -0.2) is 13.3 Å². The summed E-state index contributed by atoms with van der Waals surface area (Å²) in [6, 6.07) is 5.50. The van der Waals surface area contributed by atoms with Gasteiger partial charge in [0.1, 0.15) is 5.60 Å². The zero-order valence-corrected chi connectivity index (χ0v) is 24.8. The summed E-state index contributed by atoms with van der Waals surface area (Å²) in [6.07, 6.45) is 4.18. The van der Waals surface area contributed by atoms with Gasteiger partial charge in [-0.05, 0) is 50.8 Å². The SMILES string of the molecule is CC(=O)N1CC2(CC(c3nc(-c4cnc(C)c(NC(=O)c5cnn6ccc(N7CC8(C7)CC(O)(C(F)F)C8)cc56)c4)no3)C2)C1. The molecule has 2 saturated heterocycles. The highest BCUT2D eigenvalue weighted by Gasteiger charge is 2.63. The Labute approximate surface area is 256 Å². The topological polar surface area (TPSA) is 142 Å². The number of nitrogens with zero attached hydrogens (tertiary/aromatic N) is 7. The molecule has 8 rings (SSSR count). The van der Waals surface area contributed by atoms with Crippen LogP contribution in [-0.4, -0.2) is 84.8 Å². The molecule has 0 atom stereocenters. The summed E-state index contributed by atoms with van der Waals surface area (Å²) in [5, 5.41) is 21.5. The second-order valence-corrected chi connectivity index (χ2v) is 13.6. The first kappa shape index (κ1) is 28.0. The number of anilines is 2. The standard InChI is InChI=1S/C31H32F2N8O4/c1-17-23(5-19(9-34-17)25-37-27(45-38-25)20-7-29(8-20)13-39(14-29)18(2)42)36-26(43)22-10-35-41-4-3-21(6-24(22)41)40-15-30(16-40)11-31(44,12-30)28(32)33/h3-6,9-10,20,28,44H,7-8,11-16H2,1-2H3,(H,36,43). The number of fused-ring (bicyclic) bond motifs is 1. The van der Waals surface area contributed by atoms with Crippen LogP contribution in [0.1, 0.15) is 60.5 Å². The number of carbonyl (C=O) groups excluding carboxylic acids is 2. The summed E-state index contributed by atoms with van der Waals surface area (Å²) in [5.41, 5.74) is 1.55. The van der Waals surface area contributed by atoms with Crippen molar-refractivity contribution in [2.24, 2.45) is 10.8 Å². The molecule has 0 unspecified atom stereocenters. The largest absolute Gasteiger partial charge is 0.384 e. The lowest BCUT2D eigenvalue weighted by Crippen LogP contribution is -2.70. The Balaban J connectivity index is 0.945. The van der Waals surface area contributed by atoms with Gasteiger partial charge < -0.3 is 24.7 Å². The van der Waals surface area contributed by atoms with Crippen LogP contribution in [0.15, 0.2) is 41.3 Å². The van der Waals surface area contributed by atoms with Crippen molar-refractivity contribution in [2.75, 3.05) is 36.4 Å². The number of halogens is 2. The van der Waals surface area contributed by atoms with Gasteiger partial charge in [-0.2, -0.15) is 10.1 Å². The van der Waals surface area contributed by atoms with Crippen LogP contribution < -0.4 is 10.2 Å². The first-order valence-corrected chi connectivity index (χ1v) is 15.0. The molecule has 2 spiro atoms. The monoisotopic (exact) mass is 618 g/mol. The molecule has 6 heterocycles. The van der Waals surface area contributed by atoms with E-state index in [1.165, 1.54) is 6.20 Å². The second kappa shape index (κ2) is 9.52. The molecule has 45 heavy (non-hydrogen) atoms. The molecule has 2 amide bonds. The van der Waals surface area contributed by atoms with Crippen molar-refractivity contribution in [2.45, 2.75) is 57.5 Å². The van der Waals surface area contributed by atoms with E-state index in [9.17, 15) is 23.5 Å². The van der Waals surface area contributed by atoms with E-state index >= 15 is 0 Å². The number of aromatic nitrogens is 5. The van der Waals surface area contributed by atoms with E-state index in [1.807, 2.05) is 17.0 Å². The maximum Gasteiger partial charge on any atom is 0.266 e. The molecule has 2 saturated carbocycles. The Hall–Kier alpha value is -4.46. The molecule has 2 aliphatic carbocycles. The van der Waals surface area contributed by atoms with Crippen molar-refractivity contribution in [3.8, 4) is 11.4 Å². The molecular weight excluding hydrogens is 586 g/mol. The van der Waals surface area contributed by atoms with Crippen LogP contribution >= 0.6 is 0 Å². The minimum absolute atomic E-state index is 0.0940. The normalized spacial score (nSPS) is 21.0. The van der Waals surface area contributed by atoms with Crippen LogP contribution in [0.5, 0.6) is 0 Å². The first-order valence-electron chi connectivity index (χ1n) is 15.0. The Morgan fingerprint density at radius 3 is 2.58 bits per heavy atom. The van der Waals surface area contributed by atoms with Gasteiger partial charge >= 0.3 is 0 Å². The van der Waals surface area contributed by atoms with Crippen molar-refractivity contribution in [3.05, 3.63) is 53.9 Å². The lowest BCUT2D eigenvalue weighted by Gasteiger charge is -2.62. The number of likely N-dealkylation sites (tertiary alicyclic amines) is 1. The lowest BCUT2D eigenvalue weighted by molar-refractivity contribution is -0.209. The zero-order chi connectivity index (χ0) is 31.3. The van der Waals surface area contributed by atoms with Gasteiger partial charge in [0.2, 0.25) is 17.6 Å². The van der Waals surface area contributed by atoms with Crippen LogP contribution in [0, 0.1) is 17.8 Å². The molecule has 4 aliphatic rings. The molecule has 0 radical (unpaired) electrons. The smallest absolute Gasteiger partial charge is 0.266 e. The van der Waals surface area contributed by atoms with Crippen LogP contribution in [-0.2, 0) is 4.79 Å². The molecule has 234 valence electrons. The maximum atomic E-state index is 13.5. The van der Waals surface area contributed by atoms with E-state index in [4.69, 9.17) is 4.52 Å². The summed E-state index contributed by atoms with van der Waals surface area (Å²) >= 11 is 0. The number of pyridine rings is 2. The zero-order valence-electron chi connectivity index (χ0n) is 24.8. The number of amides is 2. The highest BCUT2D eigenvalue weighted by atomic mass is 19.3. The van der Waals surface area contributed by atoms with Gasteiger partial charge in [-0.15, -0.1) is 0 Å². The Morgan fingerprint density at radius 1 is 1.11 bits per heavy atom. The Morgan fingerprint density at radius 2 is 1.87 bits per heavy atom. The van der Waals surface area contributed by atoms with Crippen LogP contribution in [0.3, 0.4) is 0 Å². The average molecular weight is 619 g/mol. The minimum atomic E-state index is -2.74. The molecule has 4 aromatic heterocycles. The average Bonchev–Trinajstić information content (AvgIpc) is 3.57. The van der Waals surface area contributed by atoms with Crippen molar-refractivity contribution in [3.63, 3.8) is 0 Å². The number of carbonyl (C=O) groups is 2. The molecule has 0 aromatic carbocycles. The van der Waals surface area contributed by atoms with Crippen molar-refractivity contribution in [1.82, 2.24) is 29.6 Å². The fourth-order valence-corrected chi connectivity index (χ4v) is 7.81. The van der Waals surface area contributed by atoms with Crippen LogP contribution in [0.2, 0.25) is 0 Å². The Kier molecular flexibility index (Phi) is 5.93. The van der Waals surface area contributed by atoms with Crippen LogP contribution in [0.4, 0.5) is 20.2 Å². The van der Waals surface area contributed by atoms with E-state index in [1.54, 1.807) is 36.8 Å². The van der Waals surface area contributed by atoms with Crippen molar-refractivity contribution in [1.29, 1.82) is 0 Å². The van der Waals surface area contributed by atoms with Gasteiger partial charge in [0.15, 0.2) is 0 Å². The van der Waals surface area contributed by atoms with Gasteiger partial charge in [0, 0.05) is 73.5 Å². The predicted octanol–water partition coefficient (Wildman–Crippen LogP) is 3.66. The lowest BCUT2D eigenvalue weighted by atomic mass is 9.55. The number of aryl methyl sites for hydroxylation is 1. The summed E-state index contributed by atoms with van der Waals surface area (Å²) < 4.78 is 33.4. The number of alkyl halides is 2. The van der Waals surface area contributed by atoms with E-state index in [2.05, 4.69) is 30.4 Å².